The Labute approximate surface area is 130 Å². The molecule has 1 aromatic carbocycles. The Morgan fingerprint density at radius 3 is 2.81 bits per heavy atom. The van der Waals surface area contributed by atoms with Crippen molar-refractivity contribution in [3.63, 3.8) is 0 Å². The summed E-state index contributed by atoms with van der Waals surface area (Å²) in [6.07, 6.45) is 5.77. The number of aliphatic hydroxyl groups is 1. The van der Waals surface area contributed by atoms with Crippen LogP contribution in [0.3, 0.4) is 0 Å². The van der Waals surface area contributed by atoms with Crippen LogP contribution >= 0.6 is 11.3 Å². The molecule has 3 rings (SSSR count). The number of hydrogen-bond donors (Lipinski definition) is 2. The first-order valence-corrected chi connectivity index (χ1v) is 8.80. The van der Waals surface area contributed by atoms with Crippen molar-refractivity contribution in [2.75, 3.05) is 6.54 Å². The van der Waals surface area contributed by atoms with E-state index in [0.717, 1.165) is 42.8 Å². The van der Waals surface area contributed by atoms with Crippen LogP contribution in [0, 0.1) is 0 Å². The van der Waals surface area contributed by atoms with Crippen LogP contribution in [0.4, 0.5) is 0 Å². The molecule has 0 unspecified atom stereocenters. The topological polar surface area (TPSA) is 45.1 Å². The van der Waals surface area contributed by atoms with E-state index in [-0.39, 0.29) is 0 Å². The largest absolute Gasteiger partial charge is 0.389 e. The zero-order valence-corrected chi connectivity index (χ0v) is 13.5. The predicted molar refractivity (Wildman–Crippen MR) is 88.8 cm³/mol. The molecule has 1 heterocycles. The molecule has 2 aromatic rings. The fourth-order valence-electron chi connectivity index (χ4n) is 3.16. The van der Waals surface area contributed by atoms with Gasteiger partial charge in [-0.05, 0) is 50.8 Å². The Hall–Kier alpha value is -0.970. The minimum absolute atomic E-state index is 0.557. The van der Waals surface area contributed by atoms with Gasteiger partial charge in [0.2, 0.25) is 0 Å². The summed E-state index contributed by atoms with van der Waals surface area (Å²) in [5.41, 5.74) is 0.498. The zero-order valence-electron chi connectivity index (χ0n) is 12.6. The smallest absolute Gasteiger partial charge is 0.0967 e. The van der Waals surface area contributed by atoms with Crippen LogP contribution in [-0.4, -0.2) is 28.3 Å². The van der Waals surface area contributed by atoms with Crippen molar-refractivity contribution in [3.8, 4) is 0 Å². The van der Waals surface area contributed by atoms with E-state index in [9.17, 15) is 5.11 Å². The lowest BCUT2D eigenvalue weighted by Crippen LogP contribution is -2.42. The van der Waals surface area contributed by atoms with E-state index < -0.39 is 5.60 Å². The highest BCUT2D eigenvalue weighted by Crippen LogP contribution is 2.33. The maximum absolute atomic E-state index is 10.8. The van der Waals surface area contributed by atoms with Crippen LogP contribution in [0.25, 0.3) is 10.2 Å². The first-order valence-electron chi connectivity index (χ1n) is 7.99. The monoisotopic (exact) mass is 304 g/mol. The molecule has 0 bridgehead atoms. The number of benzene rings is 1. The third kappa shape index (κ3) is 3.62. The van der Waals surface area contributed by atoms with Crippen molar-refractivity contribution in [2.45, 2.75) is 57.1 Å². The van der Waals surface area contributed by atoms with Gasteiger partial charge in [0.15, 0.2) is 0 Å². The van der Waals surface area contributed by atoms with Crippen LogP contribution in [0.2, 0.25) is 0 Å². The fraction of sp³-hybridized carbons (Fsp3) is 0.588. The molecule has 1 aromatic heterocycles. The van der Waals surface area contributed by atoms with Gasteiger partial charge in [0.05, 0.1) is 20.8 Å². The minimum Gasteiger partial charge on any atom is -0.389 e. The van der Waals surface area contributed by atoms with E-state index in [1.165, 1.54) is 11.1 Å². The van der Waals surface area contributed by atoms with E-state index >= 15 is 0 Å². The van der Waals surface area contributed by atoms with Crippen LogP contribution < -0.4 is 5.32 Å². The molecule has 0 amide bonds. The van der Waals surface area contributed by atoms with Gasteiger partial charge in [0, 0.05) is 12.5 Å². The molecule has 1 saturated carbocycles. The van der Waals surface area contributed by atoms with Gasteiger partial charge in [-0.1, -0.05) is 19.1 Å². The van der Waals surface area contributed by atoms with Gasteiger partial charge in [0.1, 0.15) is 0 Å². The van der Waals surface area contributed by atoms with Crippen LogP contribution in [0.1, 0.15) is 44.0 Å². The van der Waals surface area contributed by atoms with E-state index in [1.54, 1.807) is 11.3 Å². The SMILES string of the molecule is CCCNC1CCC(O)(Cc2nc3ccccc3s2)CC1. The van der Waals surface area contributed by atoms with Gasteiger partial charge >= 0.3 is 0 Å². The second-order valence-electron chi connectivity index (χ2n) is 6.20. The number of nitrogens with one attached hydrogen (secondary N) is 1. The number of nitrogens with zero attached hydrogens (tertiary/aromatic N) is 1. The third-order valence-electron chi connectivity index (χ3n) is 4.42. The predicted octanol–water partition coefficient (Wildman–Crippen LogP) is 3.51. The summed E-state index contributed by atoms with van der Waals surface area (Å²) >= 11 is 1.72. The molecule has 2 N–H and O–H groups in total. The highest BCUT2D eigenvalue weighted by atomic mass is 32.1. The van der Waals surface area contributed by atoms with E-state index in [0.29, 0.717) is 12.5 Å². The van der Waals surface area contributed by atoms with Gasteiger partial charge in [-0.25, -0.2) is 4.98 Å². The summed E-state index contributed by atoms with van der Waals surface area (Å²) in [6, 6.07) is 8.80. The number of thiazole rings is 1. The molecular formula is C17H24N2OS. The highest BCUT2D eigenvalue weighted by Gasteiger charge is 2.34. The van der Waals surface area contributed by atoms with Crippen molar-refractivity contribution in [1.29, 1.82) is 0 Å². The molecule has 114 valence electrons. The molecule has 0 aliphatic heterocycles. The molecule has 0 saturated heterocycles. The quantitative estimate of drug-likeness (QED) is 0.888. The number of aromatic nitrogens is 1. The molecule has 21 heavy (non-hydrogen) atoms. The van der Waals surface area contributed by atoms with Gasteiger partial charge in [-0.15, -0.1) is 11.3 Å². The maximum atomic E-state index is 10.8. The number of rotatable bonds is 5. The van der Waals surface area contributed by atoms with Gasteiger partial charge < -0.3 is 10.4 Å². The summed E-state index contributed by atoms with van der Waals surface area (Å²) in [4.78, 5) is 4.66. The van der Waals surface area contributed by atoms with Crippen molar-refractivity contribution in [3.05, 3.63) is 29.3 Å². The fourth-order valence-corrected chi connectivity index (χ4v) is 4.27. The molecule has 0 radical (unpaired) electrons. The normalized spacial score (nSPS) is 26.3. The van der Waals surface area contributed by atoms with Crippen molar-refractivity contribution in [1.82, 2.24) is 10.3 Å². The van der Waals surface area contributed by atoms with Crippen molar-refractivity contribution >= 4 is 21.6 Å². The Morgan fingerprint density at radius 2 is 2.10 bits per heavy atom. The van der Waals surface area contributed by atoms with E-state index in [4.69, 9.17) is 0 Å². The Kier molecular flexibility index (Phi) is 4.57. The Bertz CT molecular complexity index is 554. The second-order valence-corrected chi connectivity index (χ2v) is 7.32. The second kappa shape index (κ2) is 6.42. The molecule has 1 fully saturated rings. The first kappa shape index (κ1) is 14.9. The first-order chi connectivity index (χ1) is 10.2. The Balaban J connectivity index is 1.62. The van der Waals surface area contributed by atoms with Crippen LogP contribution in [0.15, 0.2) is 24.3 Å². The summed E-state index contributed by atoms with van der Waals surface area (Å²) in [5, 5.41) is 15.5. The molecule has 3 nitrogen and oxygen atoms in total. The number of fused-ring (bicyclic) bond motifs is 1. The van der Waals surface area contributed by atoms with Gasteiger partial charge in [-0.2, -0.15) is 0 Å². The van der Waals surface area contributed by atoms with Crippen LogP contribution in [0.5, 0.6) is 0 Å². The molecular weight excluding hydrogens is 280 g/mol. The standard InChI is InChI=1S/C17H24N2OS/c1-2-11-18-13-7-9-17(20,10-8-13)12-16-19-14-5-3-4-6-15(14)21-16/h3-6,13,18,20H,2,7-12H2,1H3. The number of para-hydroxylation sites is 1. The summed E-state index contributed by atoms with van der Waals surface area (Å²) in [6.45, 7) is 3.28. The average molecular weight is 304 g/mol. The number of hydrogen-bond acceptors (Lipinski definition) is 4. The van der Waals surface area contributed by atoms with Gasteiger partial charge in [-0.3, -0.25) is 0 Å². The lowest BCUT2D eigenvalue weighted by molar-refractivity contribution is -0.00305. The third-order valence-corrected chi connectivity index (χ3v) is 5.45. The molecule has 1 aliphatic carbocycles. The highest BCUT2D eigenvalue weighted by molar-refractivity contribution is 7.18. The summed E-state index contributed by atoms with van der Waals surface area (Å²) in [7, 11) is 0. The average Bonchev–Trinajstić information content (AvgIpc) is 2.88. The van der Waals surface area contributed by atoms with Crippen molar-refractivity contribution < 1.29 is 5.11 Å². The molecule has 1 aliphatic rings. The summed E-state index contributed by atoms with van der Waals surface area (Å²) < 4.78 is 1.22. The zero-order chi connectivity index (χ0) is 14.7. The maximum Gasteiger partial charge on any atom is 0.0967 e. The lowest BCUT2D eigenvalue weighted by atomic mass is 9.80. The minimum atomic E-state index is -0.557. The summed E-state index contributed by atoms with van der Waals surface area (Å²) in [5.74, 6) is 0. The molecule has 4 heteroatoms. The van der Waals surface area contributed by atoms with Crippen LogP contribution in [-0.2, 0) is 6.42 Å². The van der Waals surface area contributed by atoms with Crippen molar-refractivity contribution in [2.24, 2.45) is 0 Å². The Morgan fingerprint density at radius 1 is 1.33 bits per heavy atom. The van der Waals surface area contributed by atoms with Gasteiger partial charge in [0.25, 0.3) is 0 Å². The molecule has 0 atom stereocenters. The van der Waals surface area contributed by atoms with E-state index in [1.807, 2.05) is 18.2 Å². The lowest BCUT2D eigenvalue weighted by Gasteiger charge is -2.36. The van der Waals surface area contributed by atoms with E-state index in [2.05, 4.69) is 23.3 Å². The molecule has 0 spiro atoms.